The lowest BCUT2D eigenvalue weighted by Crippen LogP contribution is -1.89. The van der Waals surface area contributed by atoms with Gasteiger partial charge in [0.1, 0.15) is 11.9 Å². The van der Waals surface area contributed by atoms with Gasteiger partial charge in [-0.3, -0.25) is 5.10 Å². The summed E-state index contributed by atoms with van der Waals surface area (Å²) in [5.74, 6) is 0.762. The van der Waals surface area contributed by atoms with Gasteiger partial charge in [-0.1, -0.05) is 0 Å². The van der Waals surface area contributed by atoms with Crippen LogP contribution in [0.25, 0.3) is 0 Å². The molecule has 6 heteroatoms. The smallest absolute Gasteiger partial charge is 0.213 e. The molecule has 0 atom stereocenters. The van der Waals surface area contributed by atoms with Gasteiger partial charge in [-0.25, -0.2) is 4.98 Å². The van der Waals surface area contributed by atoms with Crippen LogP contribution in [0.1, 0.15) is 11.4 Å². The van der Waals surface area contributed by atoms with E-state index in [0.29, 0.717) is 16.4 Å². The number of nitrogens with zero attached hydrogens (tertiary/aromatic N) is 3. The minimum absolute atomic E-state index is 0.470. The van der Waals surface area contributed by atoms with E-state index in [1.807, 2.05) is 19.1 Å². The van der Waals surface area contributed by atoms with Gasteiger partial charge in [0.05, 0.1) is 5.56 Å². The fourth-order valence-electron chi connectivity index (χ4n) is 1.17. The summed E-state index contributed by atoms with van der Waals surface area (Å²) in [6.45, 7) is 1.83. The molecule has 2 rings (SSSR count). The third-order valence-electron chi connectivity index (χ3n) is 1.93. The summed E-state index contributed by atoms with van der Waals surface area (Å²) >= 11 is 1.39. The number of aromatic nitrogens is 3. The van der Waals surface area contributed by atoms with Gasteiger partial charge in [0, 0.05) is 10.6 Å². The second-order valence-electron chi connectivity index (χ2n) is 3.17. The molecule has 80 valence electrons. The molecule has 0 radical (unpaired) electrons. The maximum absolute atomic E-state index is 8.84. The molecule has 5 nitrogen and oxygen atoms in total. The number of aromatic amines is 1. The number of nitrogens with one attached hydrogen (secondary N) is 1. The van der Waals surface area contributed by atoms with E-state index in [1.165, 1.54) is 11.8 Å². The van der Waals surface area contributed by atoms with Crippen LogP contribution in [0, 0.1) is 18.3 Å². The molecule has 1 aromatic carbocycles. The van der Waals surface area contributed by atoms with Crippen LogP contribution < -0.4 is 5.73 Å². The van der Waals surface area contributed by atoms with E-state index in [4.69, 9.17) is 11.0 Å². The minimum Gasteiger partial charge on any atom is -0.398 e. The predicted octanol–water partition coefficient (Wildman–Crippen LogP) is 1.72. The Morgan fingerprint density at radius 2 is 2.31 bits per heavy atom. The van der Waals surface area contributed by atoms with Crippen molar-refractivity contribution in [3.63, 3.8) is 0 Å². The van der Waals surface area contributed by atoms with Gasteiger partial charge in [-0.15, -0.1) is 5.10 Å². The molecule has 0 spiro atoms. The summed E-state index contributed by atoms with van der Waals surface area (Å²) < 4.78 is 0. The highest BCUT2D eigenvalue weighted by Crippen LogP contribution is 2.26. The summed E-state index contributed by atoms with van der Waals surface area (Å²) in [4.78, 5) is 5.06. The topological polar surface area (TPSA) is 91.4 Å². The Hall–Kier alpha value is -2.00. The number of rotatable bonds is 2. The quantitative estimate of drug-likeness (QED) is 0.768. The van der Waals surface area contributed by atoms with E-state index < -0.39 is 0 Å². The third-order valence-corrected chi connectivity index (χ3v) is 2.79. The lowest BCUT2D eigenvalue weighted by atomic mass is 10.2. The Labute approximate surface area is 96.7 Å². The molecule has 0 aliphatic rings. The summed E-state index contributed by atoms with van der Waals surface area (Å²) in [5.41, 5.74) is 6.58. The number of aryl methyl sites for hydroxylation is 1. The maximum Gasteiger partial charge on any atom is 0.213 e. The second-order valence-corrected chi connectivity index (χ2v) is 4.21. The average Bonchev–Trinajstić information content (AvgIpc) is 2.67. The van der Waals surface area contributed by atoms with Crippen molar-refractivity contribution in [1.82, 2.24) is 15.2 Å². The normalized spacial score (nSPS) is 10.0. The first-order valence-corrected chi connectivity index (χ1v) is 5.37. The van der Waals surface area contributed by atoms with E-state index >= 15 is 0 Å². The summed E-state index contributed by atoms with van der Waals surface area (Å²) in [7, 11) is 0. The van der Waals surface area contributed by atoms with Crippen molar-refractivity contribution in [1.29, 1.82) is 5.26 Å². The van der Waals surface area contributed by atoms with E-state index in [9.17, 15) is 0 Å². The highest BCUT2D eigenvalue weighted by atomic mass is 32.2. The standard InChI is InChI=1S/C10H9N5S/c1-6-13-10(15-14-6)16-8-2-3-9(12)7(4-8)5-11/h2-4H,12H2,1H3,(H,13,14,15). The average molecular weight is 231 g/mol. The molecule has 0 unspecified atom stereocenters. The molecule has 0 bridgehead atoms. The molecule has 0 aliphatic carbocycles. The monoisotopic (exact) mass is 231 g/mol. The van der Waals surface area contributed by atoms with E-state index in [2.05, 4.69) is 15.2 Å². The molecule has 0 saturated carbocycles. The molecule has 1 aromatic heterocycles. The lowest BCUT2D eigenvalue weighted by molar-refractivity contribution is 0.969. The van der Waals surface area contributed by atoms with Gasteiger partial charge in [-0.2, -0.15) is 5.26 Å². The fourth-order valence-corrected chi connectivity index (χ4v) is 1.97. The zero-order valence-corrected chi connectivity index (χ0v) is 9.38. The maximum atomic E-state index is 8.84. The Morgan fingerprint density at radius 1 is 1.50 bits per heavy atom. The Morgan fingerprint density at radius 3 is 2.94 bits per heavy atom. The molecule has 0 aliphatic heterocycles. The highest BCUT2D eigenvalue weighted by Gasteiger charge is 2.05. The Bertz CT molecular complexity index is 555. The minimum atomic E-state index is 0.470. The number of nitrogens with two attached hydrogens (primary N) is 1. The van der Waals surface area contributed by atoms with Crippen molar-refractivity contribution in [3.8, 4) is 6.07 Å². The molecular weight excluding hydrogens is 222 g/mol. The number of benzene rings is 1. The summed E-state index contributed by atoms with van der Waals surface area (Å²) in [5, 5.41) is 16.2. The first-order valence-electron chi connectivity index (χ1n) is 4.55. The highest BCUT2D eigenvalue weighted by molar-refractivity contribution is 7.99. The molecule has 2 aromatic rings. The van der Waals surface area contributed by atoms with E-state index in [-0.39, 0.29) is 0 Å². The van der Waals surface area contributed by atoms with Gasteiger partial charge in [0.15, 0.2) is 0 Å². The van der Waals surface area contributed by atoms with Crippen LogP contribution >= 0.6 is 11.8 Å². The van der Waals surface area contributed by atoms with Crippen molar-refractivity contribution in [2.45, 2.75) is 17.0 Å². The second kappa shape index (κ2) is 4.24. The van der Waals surface area contributed by atoms with Gasteiger partial charge >= 0.3 is 0 Å². The molecular formula is C10H9N5S. The first-order chi connectivity index (χ1) is 7.69. The predicted molar refractivity (Wildman–Crippen MR) is 60.8 cm³/mol. The van der Waals surface area contributed by atoms with Gasteiger partial charge in [0.2, 0.25) is 5.16 Å². The van der Waals surface area contributed by atoms with E-state index in [1.54, 1.807) is 12.1 Å². The van der Waals surface area contributed by atoms with E-state index in [0.717, 1.165) is 10.7 Å². The number of nitriles is 1. The molecule has 1 heterocycles. The zero-order chi connectivity index (χ0) is 11.5. The lowest BCUT2D eigenvalue weighted by Gasteiger charge is -2.00. The Balaban J connectivity index is 2.26. The van der Waals surface area contributed by atoms with Crippen LogP contribution in [0.5, 0.6) is 0 Å². The molecule has 0 fully saturated rings. The number of hydrogen-bond donors (Lipinski definition) is 2. The SMILES string of the molecule is Cc1nc(Sc2ccc(N)c(C#N)c2)n[nH]1. The molecule has 3 N–H and O–H groups in total. The van der Waals surface area contributed by atoms with Crippen LogP contribution in [-0.2, 0) is 0 Å². The van der Waals surface area contributed by atoms with Crippen molar-refractivity contribution >= 4 is 17.4 Å². The number of hydrogen-bond acceptors (Lipinski definition) is 5. The summed E-state index contributed by atoms with van der Waals surface area (Å²) in [6.07, 6.45) is 0. The number of H-pyrrole nitrogens is 1. The largest absolute Gasteiger partial charge is 0.398 e. The van der Waals surface area contributed by atoms with Gasteiger partial charge < -0.3 is 5.73 Å². The molecule has 0 saturated heterocycles. The van der Waals surface area contributed by atoms with Crippen molar-refractivity contribution in [3.05, 3.63) is 29.6 Å². The summed E-state index contributed by atoms with van der Waals surface area (Å²) in [6, 6.07) is 7.32. The van der Waals surface area contributed by atoms with Gasteiger partial charge in [-0.05, 0) is 36.9 Å². The van der Waals surface area contributed by atoms with Crippen LogP contribution in [0.15, 0.2) is 28.3 Å². The first kappa shape index (κ1) is 10.5. The molecule has 0 amide bonds. The van der Waals surface area contributed by atoms with Crippen molar-refractivity contribution in [2.24, 2.45) is 0 Å². The Kier molecular flexibility index (Phi) is 2.79. The molecule has 16 heavy (non-hydrogen) atoms. The van der Waals surface area contributed by atoms with Crippen LogP contribution in [0.4, 0.5) is 5.69 Å². The van der Waals surface area contributed by atoms with Crippen LogP contribution in [-0.4, -0.2) is 15.2 Å². The number of anilines is 1. The van der Waals surface area contributed by atoms with Crippen LogP contribution in [0.2, 0.25) is 0 Å². The fraction of sp³-hybridized carbons (Fsp3) is 0.100. The van der Waals surface area contributed by atoms with Crippen LogP contribution in [0.3, 0.4) is 0 Å². The van der Waals surface area contributed by atoms with Gasteiger partial charge in [0.25, 0.3) is 0 Å². The van der Waals surface area contributed by atoms with Crippen molar-refractivity contribution < 1.29 is 0 Å². The number of nitrogen functional groups attached to an aromatic ring is 1. The third kappa shape index (κ3) is 2.15. The van der Waals surface area contributed by atoms with Crippen molar-refractivity contribution in [2.75, 3.05) is 5.73 Å². The zero-order valence-electron chi connectivity index (χ0n) is 8.56.